The van der Waals surface area contributed by atoms with Crippen LogP contribution in [0.15, 0.2) is 24.3 Å². The summed E-state index contributed by atoms with van der Waals surface area (Å²) in [7, 11) is 0. The largest absolute Gasteiger partial charge is 0.481 e. The van der Waals surface area contributed by atoms with Crippen molar-refractivity contribution >= 4 is 23.5 Å². The smallest absolute Gasteiger partial charge is 0.303 e. The highest BCUT2D eigenvalue weighted by atomic mass is 35.5. The molecule has 7 heteroatoms. The minimum Gasteiger partial charge on any atom is -0.481 e. The second kappa shape index (κ2) is 6.58. The SMILES string of the molecule is Cc1nnc(N2CCC(CC(=O)O)CC2)n1-c1ccc(Cl)cc1. The Morgan fingerprint density at radius 1 is 1.26 bits per heavy atom. The molecule has 2 aromatic rings. The van der Waals surface area contributed by atoms with E-state index in [2.05, 4.69) is 15.1 Å². The van der Waals surface area contributed by atoms with Crippen molar-refractivity contribution in [2.24, 2.45) is 5.92 Å². The maximum absolute atomic E-state index is 10.8. The third kappa shape index (κ3) is 3.47. The van der Waals surface area contributed by atoms with Crippen LogP contribution in [0.4, 0.5) is 5.95 Å². The summed E-state index contributed by atoms with van der Waals surface area (Å²) < 4.78 is 2.01. The second-order valence-corrected chi connectivity index (χ2v) is 6.32. The number of aromatic nitrogens is 3. The van der Waals surface area contributed by atoms with Gasteiger partial charge in [0.2, 0.25) is 5.95 Å². The van der Waals surface area contributed by atoms with Crippen molar-refractivity contribution in [3.63, 3.8) is 0 Å². The molecule has 0 unspecified atom stereocenters. The summed E-state index contributed by atoms with van der Waals surface area (Å²) in [6.45, 7) is 3.51. The molecular formula is C16H19ClN4O2. The van der Waals surface area contributed by atoms with Gasteiger partial charge in [-0.05, 0) is 49.9 Å². The normalized spacial score (nSPS) is 15.8. The molecule has 6 nitrogen and oxygen atoms in total. The zero-order valence-corrected chi connectivity index (χ0v) is 13.7. The first-order valence-corrected chi connectivity index (χ1v) is 8.07. The lowest BCUT2D eigenvalue weighted by Gasteiger charge is -2.32. The molecule has 23 heavy (non-hydrogen) atoms. The lowest BCUT2D eigenvalue weighted by Crippen LogP contribution is -2.36. The molecule has 1 aromatic carbocycles. The van der Waals surface area contributed by atoms with Crippen LogP contribution in [0.25, 0.3) is 5.69 Å². The van der Waals surface area contributed by atoms with Gasteiger partial charge in [-0.25, -0.2) is 0 Å². The molecule has 1 aliphatic heterocycles. The van der Waals surface area contributed by atoms with E-state index in [0.29, 0.717) is 5.02 Å². The maximum Gasteiger partial charge on any atom is 0.303 e. The van der Waals surface area contributed by atoms with Crippen LogP contribution in [0.5, 0.6) is 0 Å². The molecule has 0 aliphatic carbocycles. The number of nitrogens with zero attached hydrogens (tertiary/aromatic N) is 4. The van der Waals surface area contributed by atoms with E-state index in [4.69, 9.17) is 16.7 Å². The summed E-state index contributed by atoms with van der Waals surface area (Å²) in [6, 6.07) is 7.58. The number of hydrogen-bond acceptors (Lipinski definition) is 4. The van der Waals surface area contributed by atoms with E-state index < -0.39 is 5.97 Å². The van der Waals surface area contributed by atoms with E-state index >= 15 is 0 Å². The van der Waals surface area contributed by atoms with Gasteiger partial charge in [0.15, 0.2) is 0 Å². The summed E-state index contributed by atoms with van der Waals surface area (Å²) in [6.07, 6.45) is 1.97. The number of anilines is 1. The molecule has 3 rings (SSSR count). The van der Waals surface area contributed by atoms with Gasteiger partial charge < -0.3 is 10.0 Å². The highest BCUT2D eigenvalue weighted by Crippen LogP contribution is 2.27. The van der Waals surface area contributed by atoms with Crippen LogP contribution < -0.4 is 4.90 Å². The van der Waals surface area contributed by atoms with Gasteiger partial charge in [-0.1, -0.05) is 11.6 Å². The highest BCUT2D eigenvalue weighted by Gasteiger charge is 2.25. The van der Waals surface area contributed by atoms with Gasteiger partial charge in [0.05, 0.1) is 5.69 Å². The van der Waals surface area contributed by atoms with Crippen molar-refractivity contribution in [3.05, 3.63) is 35.1 Å². The Bertz CT molecular complexity index is 691. The zero-order valence-electron chi connectivity index (χ0n) is 12.9. The first-order chi connectivity index (χ1) is 11.0. The van der Waals surface area contributed by atoms with E-state index in [-0.39, 0.29) is 12.3 Å². The Morgan fingerprint density at radius 2 is 1.91 bits per heavy atom. The minimum absolute atomic E-state index is 0.247. The van der Waals surface area contributed by atoms with Crippen LogP contribution in [-0.4, -0.2) is 38.9 Å². The van der Waals surface area contributed by atoms with Crippen LogP contribution in [0.2, 0.25) is 5.02 Å². The summed E-state index contributed by atoms with van der Waals surface area (Å²) >= 11 is 5.96. The number of carboxylic acid groups (broad SMARTS) is 1. The standard InChI is InChI=1S/C16H19ClN4O2/c1-11-18-19-16(21(11)14-4-2-13(17)3-5-14)20-8-6-12(7-9-20)10-15(22)23/h2-5,12H,6-10H2,1H3,(H,22,23). The third-order valence-corrected chi connectivity index (χ3v) is 4.51. The number of aryl methyl sites for hydroxylation is 1. The Kier molecular flexibility index (Phi) is 4.52. The molecule has 122 valence electrons. The molecule has 2 heterocycles. The fraction of sp³-hybridized carbons (Fsp3) is 0.438. The second-order valence-electron chi connectivity index (χ2n) is 5.89. The van der Waals surface area contributed by atoms with Crippen molar-refractivity contribution < 1.29 is 9.90 Å². The number of carboxylic acids is 1. The van der Waals surface area contributed by atoms with Gasteiger partial charge in [0, 0.05) is 24.5 Å². The Morgan fingerprint density at radius 3 is 2.52 bits per heavy atom. The molecule has 1 aromatic heterocycles. The van der Waals surface area contributed by atoms with Crippen LogP contribution >= 0.6 is 11.6 Å². The molecule has 0 atom stereocenters. The van der Waals surface area contributed by atoms with E-state index in [1.54, 1.807) is 0 Å². The van der Waals surface area contributed by atoms with Gasteiger partial charge >= 0.3 is 5.97 Å². The van der Waals surface area contributed by atoms with Crippen molar-refractivity contribution in [3.8, 4) is 5.69 Å². The molecule has 1 saturated heterocycles. The summed E-state index contributed by atoms with van der Waals surface area (Å²) in [5.74, 6) is 1.15. The van der Waals surface area contributed by atoms with Crippen LogP contribution in [0.3, 0.4) is 0 Å². The summed E-state index contributed by atoms with van der Waals surface area (Å²) in [4.78, 5) is 13.0. The minimum atomic E-state index is -0.719. The molecule has 0 amide bonds. The van der Waals surface area contributed by atoms with Gasteiger partial charge in [0.1, 0.15) is 5.82 Å². The van der Waals surface area contributed by atoms with E-state index in [0.717, 1.165) is 43.4 Å². The Balaban J connectivity index is 1.80. The Hall–Kier alpha value is -2.08. The van der Waals surface area contributed by atoms with E-state index in [1.807, 2.05) is 35.8 Å². The first kappa shape index (κ1) is 15.8. The number of rotatable bonds is 4. The highest BCUT2D eigenvalue weighted by molar-refractivity contribution is 6.30. The van der Waals surface area contributed by atoms with Crippen LogP contribution in [0.1, 0.15) is 25.1 Å². The van der Waals surface area contributed by atoms with Gasteiger partial charge in [-0.2, -0.15) is 0 Å². The predicted octanol–water partition coefficient (Wildman–Crippen LogP) is 2.92. The fourth-order valence-corrected chi connectivity index (χ4v) is 3.16. The average Bonchev–Trinajstić information content (AvgIpc) is 2.90. The van der Waals surface area contributed by atoms with Gasteiger partial charge in [-0.15, -0.1) is 10.2 Å². The predicted molar refractivity (Wildman–Crippen MR) is 88.3 cm³/mol. The number of hydrogen-bond donors (Lipinski definition) is 1. The van der Waals surface area contributed by atoms with E-state index in [1.165, 1.54) is 0 Å². The van der Waals surface area contributed by atoms with Crippen LogP contribution in [-0.2, 0) is 4.79 Å². The van der Waals surface area contributed by atoms with Crippen molar-refractivity contribution in [2.45, 2.75) is 26.2 Å². The molecule has 1 N–H and O–H groups in total. The average molecular weight is 335 g/mol. The monoisotopic (exact) mass is 334 g/mol. The Labute approximate surface area is 139 Å². The third-order valence-electron chi connectivity index (χ3n) is 4.25. The first-order valence-electron chi connectivity index (χ1n) is 7.69. The van der Waals surface area contributed by atoms with Gasteiger partial charge in [-0.3, -0.25) is 9.36 Å². The molecule has 0 saturated carbocycles. The number of carbonyl (C=O) groups is 1. The summed E-state index contributed by atoms with van der Waals surface area (Å²) in [5.41, 5.74) is 0.972. The van der Waals surface area contributed by atoms with Crippen molar-refractivity contribution in [2.75, 3.05) is 18.0 Å². The van der Waals surface area contributed by atoms with Gasteiger partial charge in [0.25, 0.3) is 0 Å². The quantitative estimate of drug-likeness (QED) is 0.930. The molecular weight excluding hydrogens is 316 g/mol. The lowest BCUT2D eigenvalue weighted by atomic mass is 9.94. The maximum atomic E-state index is 10.8. The number of halogens is 1. The fourth-order valence-electron chi connectivity index (χ4n) is 3.03. The van der Waals surface area contributed by atoms with E-state index in [9.17, 15) is 4.79 Å². The molecule has 1 aliphatic rings. The van der Waals surface area contributed by atoms with Crippen molar-refractivity contribution in [1.29, 1.82) is 0 Å². The van der Waals surface area contributed by atoms with Crippen LogP contribution in [0, 0.1) is 12.8 Å². The zero-order chi connectivity index (χ0) is 16.4. The number of piperidine rings is 1. The number of benzene rings is 1. The topological polar surface area (TPSA) is 71.2 Å². The molecule has 0 bridgehead atoms. The molecule has 0 spiro atoms. The lowest BCUT2D eigenvalue weighted by molar-refractivity contribution is -0.138. The van der Waals surface area contributed by atoms with Crippen molar-refractivity contribution in [1.82, 2.24) is 14.8 Å². The summed E-state index contributed by atoms with van der Waals surface area (Å²) in [5, 5.41) is 18.1. The molecule has 0 radical (unpaired) electrons. The molecule has 1 fully saturated rings. The number of aliphatic carboxylic acids is 1.